The van der Waals surface area contributed by atoms with Crippen molar-refractivity contribution in [1.29, 1.82) is 0 Å². The van der Waals surface area contributed by atoms with Gasteiger partial charge in [0.05, 0.1) is 0 Å². The lowest BCUT2D eigenvalue weighted by Gasteiger charge is -2.18. The average molecular weight is 343 g/mol. The summed E-state index contributed by atoms with van der Waals surface area (Å²) in [6.45, 7) is 3.26. The number of aromatic nitrogens is 3. The first-order chi connectivity index (χ1) is 11.2. The zero-order valence-corrected chi connectivity index (χ0v) is 13.3. The standard InChI is InChI=1S/C13H21N5O6/c1-5(2)7(14)13(22)23-3-6-8(19)9(20)12(24-6)18-4-16-11(17-18)10(15)21/h4-9,12,19-20H,3,14H2,1-2H3,(H2,15,21)/t6-,7-,8-,9-,12-/m0/s1. The molecule has 1 amide bonds. The number of aliphatic hydroxyl groups excluding tert-OH is 2. The van der Waals surface area contributed by atoms with Crippen molar-refractivity contribution < 1.29 is 29.3 Å². The predicted molar refractivity (Wildman–Crippen MR) is 78.2 cm³/mol. The van der Waals surface area contributed by atoms with Crippen LogP contribution >= 0.6 is 0 Å². The molecule has 1 aliphatic heterocycles. The van der Waals surface area contributed by atoms with Crippen LogP contribution < -0.4 is 11.5 Å². The molecule has 0 saturated carbocycles. The number of carbonyl (C=O) groups is 2. The largest absolute Gasteiger partial charge is 0.462 e. The molecule has 1 aromatic heterocycles. The Balaban J connectivity index is 1.99. The van der Waals surface area contributed by atoms with E-state index >= 15 is 0 Å². The van der Waals surface area contributed by atoms with Crippen molar-refractivity contribution >= 4 is 11.9 Å². The quantitative estimate of drug-likeness (QED) is 0.407. The molecule has 1 aromatic rings. The SMILES string of the molecule is CC(C)[C@H](N)C(=O)OC[C@@H]1O[C@H](n2cnc(C(N)=O)n2)[C@@H](O)[C@H]1O. The minimum atomic E-state index is -1.35. The molecule has 0 unspecified atom stereocenters. The van der Waals surface area contributed by atoms with E-state index < -0.39 is 42.5 Å². The van der Waals surface area contributed by atoms with Crippen LogP contribution in [0.3, 0.4) is 0 Å². The van der Waals surface area contributed by atoms with E-state index in [1.807, 2.05) is 0 Å². The highest BCUT2D eigenvalue weighted by Crippen LogP contribution is 2.29. The van der Waals surface area contributed by atoms with E-state index in [9.17, 15) is 19.8 Å². The normalized spacial score (nSPS) is 28.1. The van der Waals surface area contributed by atoms with Gasteiger partial charge < -0.3 is 31.2 Å². The van der Waals surface area contributed by atoms with Gasteiger partial charge in [-0.15, -0.1) is 5.10 Å². The molecule has 0 aromatic carbocycles. The van der Waals surface area contributed by atoms with Crippen molar-refractivity contribution in [2.75, 3.05) is 6.61 Å². The van der Waals surface area contributed by atoms with E-state index in [1.165, 1.54) is 0 Å². The van der Waals surface area contributed by atoms with Crippen molar-refractivity contribution in [3.05, 3.63) is 12.2 Å². The molecule has 0 bridgehead atoms. The number of ether oxygens (including phenoxy) is 2. The highest BCUT2D eigenvalue weighted by Gasteiger charge is 2.45. The first kappa shape index (κ1) is 18.3. The Bertz CT molecular complexity index is 605. The molecule has 11 nitrogen and oxygen atoms in total. The third-order valence-corrected chi connectivity index (χ3v) is 3.71. The Hall–Kier alpha value is -2.08. The molecular formula is C13H21N5O6. The summed E-state index contributed by atoms with van der Waals surface area (Å²) < 4.78 is 11.5. The lowest BCUT2D eigenvalue weighted by Crippen LogP contribution is -2.40. The fourth-order valence-corrected chi connectivity index (χ4v) is 2.13. The summed E-state index contributed by atoms with van der Waals surface area (Å²) in [5.41, 5.74) is 10.7. The highest BCUT2D eigenvalue weighted by atomic mass is 16.6. The van der Waals surface area contributed by atoms with Gasteiger partial charge in [-0.05, 0) is 5.92 Å². The van der Waals surface area contributed by atoms with Crippen molar-refractivity contribution in [2.24, 2.45) is 17.4 Å². The predicted octanol–water partition coefficient (Wildman–Crippen LogP) is -2.48. The molecule has 6 N–H and O–H groups in total. The summed E-state index contributed by atoms with van der Waals surface area (Å²) in [4.78, 5) is 26.4. The maximum atomic E-state index is 11.7. The number of aliphatic hydroxyl groups is 2. The summed E-state index contributed by atoms with van der Waals surface area (Å²) in [6, 6.07) is -0.794. The van der Waals surface area contributed by atoms with Crippen LogP contribution in [0.15, 0.2) is 6.33 Å². The molecule has 0 spiro atoms. The first-order valence-corrected chi connectivity index (χ1v) is 7.37. The van der Waals surface area contributed by atoms with E-state index in [2.05, 4.69) is 10.1 Å². The lowest BCUT2D eigenvalue weighted by atomic mass is 10.1. The number of hydrogen-bond donors (Lipinski definition) is 4. The van der Waals surface area contributed by atoms with Crippen molar-refractivity contribution in [2.45, 2.75) is 44.4 Å². The Morgan fingerprint density at radius 3 is 2.62 bits per heavy atom. The summed E-state index contributed by atoms with van der Waals surface area (Å²) >= 11 is 0. The first-order valence-electron chi connectivity index (χ1n) is 7.37. The summed E-state index contributed by atoms with van der Waals surface area (Å²) in [7, 11) is 0. The fourth-order valence-electron chi connectivity index (χ4n) is 2.13. The third kappa shape index (κ3) is 3.70. The van der Waals surface area contributed by atoms with Crippen molar-refractivity contribution in [3.8, 4) is 0 Å². The number of rotatable bonds is 6. The Labute approximate surface area is 137 Å². The summed E-state index contributed by atoms with van der Waals surface area (Å²) in [6.07, 6.45) is -3.60. The molecule has 2 rings (SSSR count). The van der Waals surface area contributed by atoms with E-state index in [-0.39, 0.29) is 18.3 Å². The van der Waals surface area contributed by atoms with Crippen LogP contribution in [0.2, 0.25) is 0 Å². The van der Waals surface area contributed by atoms with Crippen LogP contribution in [-0.4, -0.2) is 67.8 Å². The smallest absolute Gasteiger partial charge is 0.323 e. The highest BCUT2D eigenvalue weighted by molar-refractivity contribution is 5.88. The Kier molecular flexibility index (Phi) is 5.49. The maximum Gasteiger partial charge on any atom is 0.323 e. The second-order valence-electron chi connectivity index (χ2n) is 5.86. The van der Waals surface area contributed by atoms with Crippen molar-refractivity contribution in [3.63, 3.8) is 0 Å². The third-order valence-electron chi connectivity index (χ3n) is 3.71. The van der Waals surface area contributed by atoms with Crippen LogP contribution in [0.5, 0.6) is 0 Å². The number of primary amides is 1. The van der Waals surface area contributed by atoms with Gasteiger partial charge >= 0.3 is 5.97 Å². The van der Waals surface area contributed by atoms with Crippen LogP contribution in [0.25, 0.3) is 0 Å². The topological polar surface area (TPSA) is 176 Å². The Morgan fingerprint density at radius 2 is 2.08 bits per heavy atom. The number of hydrogen-bond acceptors (Lipinski definition) is 9. The van der Waals surface area contributed by atoms with Crippen LogP contribution in [0.1, 0.15) is 30.7 Å². The molecule has 0 radical (unpaired) electrons. The molecule has 0 aliphatic carbocycles. The monoisotopic (exact) mass is 343 g/mol. The van der Waals surface area contributed by atoms with Crippen LogP contribution in [0.4, 0.5) is 0 Å². The summed E-state index contributed by atoms with van der Waals surface area (Å²) in [5, 5.41) is 23.8. The second kappa shape index (κ2) is 7.21. The molecule has 1 saturated heterocycles. The number of nitrogens with two attached hydrogens (primary N) is 2. The molecule has 134 valence electrons. The zero-order valence-electron chi connectivity index (χ0n) is 13.3. The molecular weight excluding hydrogens is 322 g/mol. The number of nitrogens with zero attached hydrogens (tertiary/aromatic N) is 3. The van der Waals surface area contributed by atoms with Gasteiger partial charge in [-0.2, -0.15) is 0 Å². The van der Waals surface area contributed by atoms with Crippen LogP contribution in [0, 0.1) is 5.92 Å². The van der Waals surface area contributed by atoms with Gasteiger partial charge in [0.25, 0.3) is 5.91 Å². The minimum Gasteiger partial charge on any atom is -0.462 e. The number of carbonyl (C=O) groups excluding carboxylic acids is 2. The maximum absolute atomic E-state index is 11.7. The second-order valence-corrected chi connectivity index (χ2v) is 5.86. The van der Waals surface area contributed by atoms with Gasteiger partial charge in [0, 0.05) is 0 Å². The summed E-state index contributed by atoms with van der Waals surface area (Å²) in [5.74, 6) is -1.82. The molecule has 11 heteroatoms. The minimum absolute atomic E-state index is 0.104. The van der Waals surface area contributed by atoms with Gasteiger partial charge in [-0.1, -0.05) is 13.8 Å². The molecule has 2 heterocycles. The Morgan fingerprint density at radius 1 is 1.42 bits per heavy atom. The van der Waals surface area contributed by atoms with Gasteiger partial charge in [-0.3, -0.25) is 9.59 Å². The lowest BCUT2D eigenvalue weighted by molar-refractivity contribution is -0.152. The van der Waals surface area contributed by atoms with E-state index in [0.29, 0.717) is 0 Å². The van der Waals surface area contributed by atoms with Gasteiger partial charge in [0.15, 0.2) is 6.23 Å². The molecule has 1 aliphatic rings. The number of amides is 1. The van der Waals surface area contributed by atoms with Gasteiger partial charge in [0.2, 0.25) is 5.82 Å². The fraction of sp³-hybridized carbons (Fsp3) is 0.692. The zero-order chi connectivity index (χ0) is 18.0. The molecule has 1 fully saturated rings. The average Bonchev–Trinajstić information content (AvgIpc) is 3.11. The van der Waals surface area contributed by atoms with E-state index in [1.54, 1.807) is 13.8 Å². The van der Waals surface area contributed by atoms with Gasteiger partial charge in [-0.25, -0.2) is 9.67 Å². The molecule has 5 atom stereocenters. The van der Waals surface area contributed by atoms with Crippen molar-refractivity contribution in [1.82, 2.24) is 14.8 Å². The number of esters is 1. The van der Waals surface area contributed by atoms with Gasteiger partial charge in [0.1, 0.15) is 37.3 Å². The van der Waals surface area contributed by atoms with E-state index in [0.717, 1.165) is 11.0 Å². The van der Waals surface area contributed by atoms with E-state index in [4.69, 9.17) is 20.9 Å². The van der Waals surface area contributed by atoms with Crippen LogP contribution in [-0.2, 0) is 14.3 Å². The molecule has 24 heavy (non-hydrogen) atoms.